The van der Waals surface area contributed by atoms with E-state index in [2.05, 4.69) is 11.6 Å². The van der Waals surface area contributed by atoms with Crippen molar-refractivity contribution in [1.82, 2.24) is 4.98 Å². The van der Waals surface area contributed by atoms with Crippen molar-refractivity contribution in [2.45, 2.75) is 6.42 Å². The van der Waals surface area contributed by atoms with Crippen LogP contribution in [0.1, 0.15) is 16.8 Å². The van der Waals surface area contributed by atoms with Crippen LogP contribution in [0.4, 0.5) is 0 Å². The van der Waals surface area contributed by atoms with Crippen LogP contribution in [0.15, 0.2) is 31.1 Å². The van der Waals surface area contributed by atoms with Gasteiger partial charge in [-0.15, -0.1) is 6.58 Å². The fourth-order valence-corrected chi connectivity index (χ4v) is 0.875. The summed E-state index contributed by atoms with van der Waals surface area (Å²) in [6, 6.07) is 1.44. The van der Waals surface area contributed by atoms with E-state index in [0.717, 1.165) is 6.42 Å². The Hall–Kier alpha value is -1.84. The van der Waals surface area contributed by atoms with Crippen molar-refractivity contribution in [2.75, 3.05) is 6.61 Å². The number of carboxylic acids is 1. The predicted octanol–water partition coefficient (Wildman–Crippen LogP) is 1.73. The molecule has 0 aliphatic heterocycles. The second-order valence-corrected chi connectivity index (χ2v) is 2.64. The van der Waals surface area contributed by atoms with Crippen molar-refractivity contribution < 1.29 is 14.6 Å². The van der Waals surface area contributed by atoms with Crippen molar-refractivity contribution in [3.63, 3.8) is 0 Å². The molecule has 4 nitrogen and oxygen atoms in total. The van der Waals surface area contributed by atoms with Crippen molar-refractivity contribution in [3.05, 3.63) is 36.7 Å². The summed E-state index contributed by atoms with van der Waals surface area (Å²) < 4.78 is 5.24. The first-order valence-electron chi connectivity index (χ1n) is 4.16. The molecule has 14 heavy (non-hydrogen) atoms. The van der Waals surface area contributed by atoms with Gasteiger partial charge in [0.25, 0.3) is 0 Å². The molecule has 0 fully saturated rings. The maximum Gasteiger partial charge on any atom is 0.337 e. The van der Waals surface area contributed by atoms with E-state index in [1.807, 2.05) is 0 Å². The lowest BCUT2D eigenvalue weighted by Gasteiger charge is -2.03. The minimum Gasteiger partial charge on any atom is -0.492 e. The lowest BCUT2D eigenvalue weighted by atomic mass is 10.3. The summed E-state index contributed by atoms with van der Waals surface area (Å²) in [6.07, 6.45) is 5.21. The molecule has 0 bridgehead atoms. The van der Waals surface area contributed by atoms with Crippen molar-refractivity contribution >= 4 is 5.97 Å². The number of nitrogens with zero attached hydrogens (tertiary/aromatic N) is 1. The van der Waals surface area contributed by atoms with Crippen LogP contribution in [0.5, 0.6) is 5.75 Å². The summed E-state index contributed by atoms with van der Waals surface area (Å²) in [4.78, 5) is 14.3. The third-order valence-corrected chi connectivity index (χ3v) is 1.55. The average molecular weight is 193 g/mol. The van der Waals surface area contributed by atoms with E-state index in [9.17, 15) is 4.79 Å². The smallest absolute Gasteiger partial charge is 0.337 e. The van der Waals surface area contributed by atoms with E-state index in [0.29, 0.717) is 12.4 Å². The van der Waals surface area contributed by atoms with Gasteiger partial charge in [0.05, 0.1) is 18.4 Å². The monoisotopic (exact) mass is 193 g/mol. The largest absolute Gasteiger partial charge is 0.492 e. The molecule has 1 rings (SSSR count). The summed E-state index contributed by atoms with van der Waals surface area (Å²) in [6.45, 7) is 4.03. The number of carbonyl (C=O) groups is 1. The van der Waals surface area contributed by atoms with Crippen molar-refractivity contribution in [1.29, 1.82) is 0 Å². The van der Waals surface area contributed by atoms with Gasteiger partial charge in [-0.25, -0.2) is 4.79 Å². The first-order valence-corrected chi connectivity index (χ1v) is 4.16. The van der Waals surface area contributed by atoms with E-state index in [1.54, 1.807) is 6.08 Å². The van der Waals surface area contributed by atoms with Crippen molar-refractivity contribution in [3.8, 4) is 5.75 Å². The molecule has 0 unspecified atom stereocenters. The second-order valence-electron chi connectivity index (χ2n) is 2.64. The van der Waals surface area contributed by atoms with Gasteiger partial charge in [-0.3, -0.25) is 4.98 Å². The predicted molar refractivity (Wildman–Crippen MR) is 51.5 cm³/mol. The molecule has 0 radical (unpaired) electrons. The second kappa shape index (κ2) is 5.01. The molecular weight excluding hydrogens is 182 g/mol. The number of aromatic carboxylic acids is 1. The number of carboxylic acid groups (broad SMARTS) is 1. The molecule has 74 valence electrons. The topological polar surface area (TPSA) is 59.4 Å². The molecule has 0 aliphatic carbocycles. The highest BCUT2D eigenvalue weighted by Crippen LogP contribution is 2.11. The van der Waals surface area contributed by atoms with Crippen LogP contribution in [-0.2, 0) is 0 Å². The number of rotatable bonds is 5. The molecule has 4 heteroatoms. The highest BCUT2D eigenvalue weighted by atomic mass is 16.5. The van der Waals surface area contributed by atoms with Gasteiger partial charge in [0, 0.05) is 6.20 Å². The molecule has 0 aliphatic rings. The molecule has 0 amide bonds. The summed E-state index contributed by atoms with van der Waals surface area (Å²) >= 11 is 0. The van der Waals surface area contributed by atoms with Gasteiger partial charge in [0.2, 0.25) is 0 Å². The van der Waals surface area contributed by atoms with Crippen LogP contribution in [-0.4, -0.2) is 22.7 Å². The zero-order chi connectivity index (χ0) is 10.4. The van der Waals surface area contributed by atoms with Gasteiger partial charge >= 0.3 is 5.97 Å². The van der Waals surface area contributed by atoms with E-state index in [-0.39, 0.29) is 5.56 Å². The quantitative estimate of drug-likeness (QED) is 0.571. The normalized spacial score (nSPS) is 9.43. The molecular formula is C10H11NO3. The van der Waals surface area contributed by atoms with Gasteiger partial charge in [0.1, 0.15) is 5.75 Å². The van der Waals surface area contributed by atoms with Gasteiger partial charge in [-0.1, -0.05) is 6.08 Å². The average Bonchev–Trinajstić information content (AvgIpc) is 2.19. The first-order chi connectivity index (χ1) is 6.74. The van der Waals surface area contributed by atoms with E-state index >= 15 is 0 Å². The highest BCUT2D eigenvalue weighted by molar-refractivity contribution is 5.87. The van der Waals surface area contributed by atoms with Gasteiger partial charge in [-0.05, 0) is 12.5 Å². The third kappa shape index (κ3) is 2.90. The first kappa shape index (κ1) is 10.2. The summed E-state index contributed by atoms with van der Waals surface area (Å²) in [5.41, 5.74) is 0.126. The Bertz CT molecular complexity index is 336. The molecule has 0 spiro atoms. The molecule has 0 atom stereocenters. The Labute approximate surface area is 81.9 Å². The molecule has 1 aromatic heterocycles. The maximum absolute atomic E-state index is 10.6. The van der Waals surface area contributed by atoms with Crippen LogP contribution in [0.3, 0.4) is 0 Å². The van der Waals surface area contributed by atoms with Crippen LogP contribution in [0, 0.1) is 0 Å². The summed E-state index contributed by atoms with van der Waals surface area (Å²) in [5.74, 6) is -0.543. The molecule has 0 saturated carbocycles. The van der Waals surface area contributed by atoms with Gasteiger partial charge in [-0.2, -0.15) is 0 Å². The molecule has 1 heterocycles. The Kier molecular flexibility index (Phi) is 3.67. The Morgan fingerprint density at radius 2 is 2.43 bits per heavy atom. The van der Waals surface area contributed by atoms with Crippen molar-refractivity contribution in [2.24, 2.45) is 0 Å². The SMILES string of the molecule is C=CCCOc1cncc(C(=O)O)c1. The maximum atomic E-state index is 10.6. The Balaban J connectivity index is 2.63. The zero-order valence-corrected chi connectivity index (χ0v) is 7.64. The van der Waals surface area contributed by atoms with Gasteiger partial charge < -0.3 is 9.84 Å². The summed E-state index contributed by atoms with van der Waals surface area (Å²) in [7, 11) is 0. The number of hydrogen-bond donors (Lipinski definition) is 1. The van der Waals surface area contributed by atoms with Crippen LogP contribution in [0.25, 0.3) is 0 Å². The zero-order valence-electron chi connectivity index (χ0n) is 7.64. The standard InChI is InChI=1S/C10H11NO3/c1-2-3-4-14-9-5-8(10(12)13)6-11-7-9/h2,5-7H,1,3-4H2,(H,12,13). The lowest BCUT2D eigenvalue weighted by Crippen LogP contribution is -2.00. The van der Waals surface area contributed by atoms with E-state index in [4.69, 9.17) is 9.84 Å². The minimum absolute atomic E-state index is 0.126. The van der Waals surface area contributed by atoms with Crippen LogP contribution < -0.4 is 4.74 Å². The van der Waals surface area contributed by atoms with Gasteiger partial charge in [0.15, 0.2) is 0 Å². The highest BCUT2D eigenvalue weighted by Gasteiger charge is 2.03. The molecule has 0 aromatic carbocycles. The number of pyridine rings is 1. The number of ether oxygens (including phenoxy) is 1. The number of aromatic nitrogens is 1. The number of hydrogen-bond acceptors (Lipinski definition) is 3. The van der Waals surface area contributed by atoms with Crippen LogP contribution in [0.2, 0.25) is 0 Å². The van der Waals surface area contributed by atoms with Crippen LogP contribution >= 0.6 is 0 Å². The summed E-state index contributed by atoms with van der Waals surface area (Å²) in [5, 5.41) is 8.67. The van der Waals surface area contributed by atoms with E-state index in [1.165, 1.54) is 18.5 Å². The minimum atomic E-state index is -1.01. The molecule has 1 aromatic rings. The molecule has 0 saturated heterocycles. The Morgan fingerprint density at radius 1 is 1.64 bits per heavy atom. The fraction of sp³-hybridized carbons (Fsp3) is 0.200. The Morgan fingerprint density at radius 3 is 3.07 bits per heavy atom. The van der Waals surface area contributed by atoms with E-state index < -0.39 is 5.97 Å². The third-order valence-electron chi connectivity index (χ3n) is 1.55. The molecule has 1 N–H and O–H groups in total. The fourth-order valence-electron chi connectivity index (χ4n) is 0.875. The lowest BCUT2D eigenvalue weighted by molar-refractivity contribution is 0.0696.